The highest BCUT2D eigenvalue weighted by Crippen LogP contribution is 2.28. The molecule has 0 aliphatic carbocycles. The van der Waals surface area contributed by atoms with E-state index in [1.807, 2.05) is 48.9 Å². The van der Waals surface area contributed by atoms with E-state index < -0.39 is 0 Å². The molecule has 0 fully saturated rings. The van der Waals surface area contributed by atoms with Gasteiger partial charge in [0.15, 0.2) is 11.0 Å². The Morgan fingerprint density at radius 3 is 2.85 bits per heavy atom. The Hall–Kier alpha value is -2.70. The van der Waals surface area contributed by atoms with Crippen LogP contribution in [0.25, 0.3) is 11.4 Å². The average Bonchev–Trinajstić information content (AvgIpc) is 3.24. The third-order valence-corrected chi connectivity index (χ3v) is 5.68. The monoisotopic (exact) mass is 399 g/mol. The lowest BCUT2D eigenvalue weighted by Crippen LogP contribution is -2.15. The summed E-state index contributed by atoms with van der Waals surface area (Å²) in [5.74, 6) is 1.85. The Bertz CT molecular complexity index is 990. The maximum Gasteiger partial charge on any atom is 0.234 e. The van der Waals surface area contributed by atoms with Gasteiger partial charge in [0.05, 0.1) is 35.1 Å². The second kappa shape index (κ2) is 8.79. The molecular formula is C18H17N5O2S2. The van der Waals surface area contributed by atoms with Crippen LogP contribution in [0.15, 0.2) is 51.1 Å². The second-order valence-corrected chi connectivity index (χ2v) is 7.50. The lowest BCUT2D eigenvalue weighted by molar-refractivity contribution is -0.113. The summed E-state index contributed by atoms with van der Waals surface area (Å²) >= 11 is 2.70. The number of hydrogen-bond acceptors (Lipinski definition) is 7. The minimum Gasteiger partial charge on any atom is -0.469 e. The molecule has 0 bridgehead atoms. The maximum absolute atomic E-state index is 12.3. The van der Waals surface area contributed by atoms with E-state index in [1.165, 1.54) is 23.5 Å². The number of aromatic nitrogens is 3. The Morgan fingerprint density at radius 2 is 2.11 bits per heavy atom. The van der Waals surface area contributed by atoms with E-state index in [0.29, 0.717) is 22.4 Å². The summed E-state index contributed by atoms with van der Waals surface area (Å²) in [5, 5.41) is 20.6. The van der Waals surface area contributed by atoms with Crippen LogP contribution in [-0.2, 0) is 11.8 Å². The van der Waals surface area contributed by atoms with E-state index in [1.54, 1.807) is 6.26 Å². The Balaban J connectivity index is 1.63. The largest absolute Gasteiger partial charge is 0.469 e. The highest BCUT2D eigenvalue weighted by atomic mass is 32.2. The van der Waals surface area contributed by atoms with Gasteiger partial charge in [-0.15, -0.1) is 22.0 Å². The molecule has 2 aromatic heterocycles. The molecule has 1 aromatic carbocycles. The summed E-state index contributed by atoms with van der Waals surface area (Å²) in [7, 11) is 1.86. The molecule has 0 aliphatic rings. The van der Waals surface area contributed by atoms with E-state index in [2.05, 4.69) is 21.6 Å². The molecule has 3 rings (SSSR count). The van der Waals surface area contributed by atoms with Crippen LogP contribution < -0.4 is 5.32 Å². The number of amides is 1. The van der Waals surface area contributed by atoms with Crippen LogP contribution in [-0.4, -0.2) is 32.2 Å². The number of nitriles is 1. The van der Waals surface area contributed by atoms with Crippen molar-refractivity contribution in [2.75, 3.05) is 16.8 Å². The maximum atomic E-state index is 12.3. The Kier molecular flexibility index (Phi) is 6.21. The molecule has 0 aliphatic heterocycles. The van der Waals surface area contributed by atoms with Crippen molar-refractivity contribution in [3.8, 4) is 17.5 Å². The summed E-state index contributed by atoms with van der Waals surface area (Å²) in [5.41, 5.74) is 1.58. The van der Waals surface area contributed by atoms with Crippen molar-refractivity contribution in [3.05, 3.63) is 42.4 Å². The molecule has 0 saturated heterocycles. The zero-order valence-electron chi connectivity index (χ0n) is 14.8. The van der Waals surface area contributed by atoms with Gasteiger partial charge in [-0.1, -0.05) is 23.9 Å². The standard InChI is InChI=1S/C18H17N5O2S2/c1-12-13(7-9-25-12)17-21-22-18(23(17)2)27-11-16(24)20-14-5-3-4-6-15(14)26-10-8-19/h3-7,9H,10-11H2,1-2H3,(H,20,24). The number of hydrogen-bond donors (Lipinski definition) is 1. The highest BCUT2D eigenvalue weighted by Gasteiger charge is 2.16. The van der Waals surface area contributed by atoms with Crippen LogP contribution in [0.4, 0.5) is 5.69 Å². The first-order chi connectivity index (χ1) is 13.1. The van der Waals surface area contributed by atoms with Crippen LogP contribution in [0.5, 0.6) is 0 Å². The van der Waals surface area contributed by atoms with Crippen LogP contribution in [0.1, 0.15) is 5.76 Å². The van der Waals surface area contributed by atoms with Gasteiger partial charge < -0.3 is 14.3 Å². The van der Waals surface area contributed by atoms with E-state index in [9.17, 15) is 4.79 Å². The van der Waals surface area contributed by atoms with Crippen molar-refractivity contribution in [3.63, 3.8) is 0 Å². The smallest absolute Gasteiger partial charge is 0.234 e. The van der Waals surface area contributed by atoms with Gasteiger partial charge in [-0.25, -0.2) is 0 Å². The van der Waals surface area contributed by atoms with Crippen LogP contribution in [0.3, 0.4) is 0 Å². The number of aryl methyl sites for hydroxylation is 1. The van der Waals surface area contributed by atoms with Gasteiger partial charge in [-0.3, -0.25) is 4.79 Å². The number of nitrogens with one attached hydrogen (secondary N) is 1. The molecule has 2 heterocycles. The van der Waals surface area contributed by atoms with Gasteiger partial charge in [0.1, 0.15) is 5.76 Å². The molecule has 0 radical (unpaired) electrons. The van der Waals surface area contributed by atoms with Crippen molar-refractivity contribution in [2.45, 2.75) is 17.0 Å². The van der Waals surface area contributed by atoms with E-state index in [0.717, 1.165) is 16.2 Å². The predicted octanol–water partition coefficient (Wildman–Crippen LogP) is 3.73. The first kappa shape index (κ1) is 19.1. The first-order valence-corrected chi connectivity index (χ1v) is 10.0. The molecule has 3 aromatic rings. The predicted molar refractivity (Wildman–Crippen MR) is 106 cm³/mol. The van der Waals surface area contributed by atoms with E-state index in [4.69, 9.17) is 9.68 Å². The number of anilines is 1. The number of carbonyl (C=O) groups excluding carboxylic acids is 1. The van der Waals surface area contributed by atoms with E-state index in [-0.39, 0.29) is 11.7 Å². The molecule has 1 amide bonds. The number of rotatable bonds is 7. The number of carbonyl (C=O) groups is 1. The molecule has 0 spiro atoms. The number of thioether (sulfide) groups is 2. The molecule has 9 heteroatoms. The van der Waals surface area contributed by atoms with Gasteiger partial charge in [0.25, 0.3) is 0 Å². The first-order valence-electron chi connectivity index (χ1n) is 8.05. The average molecular weight is 400 g/mol. The lowest BCUT2D eigenvalue weighted by atomic mass is 10.2. The zero-order chi connectivity index (χ0) is 19.2. The molecule has 0 atom stereocenters. The minimum absolute atomic E-state index is 0.144. The third-order valence-electron chi connectivity index (χ3n) is 3.72. The summed E-state index contributed by atoms with van der Waals surface area (Å²) < 4.78 is 7.15. The van der Waals surface area contributed by atoms with Gasteiger partial charge in [0, 0.05) is 11.9 Å². The molecule has 1 N–H and O–H groups in total. The fourth-order valence-electron chi connectivity index (χ4n) is 2.41. The van der Waals surface area contributed by atoms with Crippen molar-refractivity contribution >= 4 is 35.1 Å². The SMILES string of the molecule is Cc1occc1-c1nnc(SCC(=O)Nc2ccccc2SCC#N)n1C. The molecule has 27 heavy (non-hydrogen) atoms. The fourth-order valence-corrected chi connectivity index (χ4v) is 3.79. The summed E-state index contributed by atoms with van der Waals surface area (Å²) in [6, 6.07) is 11.4. The summed E-state index contributed by atoms with van der Waals surface area (Å²) in [4.78, 5) is 13.2. The quantitative estimate of drug-likeness (QED) is 0.605. The van der Waals surface area contributed by atoms with Crippen LogP contribution in [0.2, 0.25) is 0 Å². The molecule has 0 unspecified atom stereocenters. The number of benzene rings is 1. The van der Waals surface area contributed by atoms with Gasteiger partial charge in [-0.05, 0) is 25.1 Å². The Labute approximate surface area is 165 Å². The molecular weight excluding hydrogens is 382 g/mol. The highest BCUT2D eigenvalue weighted by molar-refractivity contribution is 8.00. The van der Waals surface area contributed by atoms with Crippen LogP contribution >= 0.6 is 23.5 Å². The molecule has 138 valence electrons. The number of furan rings is 1. The number of para-hydroxylation sites is 1. The topological polar surface area (TPSA) is 96.7 Å². The van der Waals surface area contributed by atoms with Gasteiger partial charge in [-0.2, -0.15) is 5.26 Å². The van der Waals surface area contributed by atoms with Crippen molar-refractivity contribution < 1.29 is 9.21 Å². The van der Waals surface area contributed by atoms with Crippen molar-refractivity contribution in [2.24, 2.45) is 7.05 Å². The fraction of sp³-hybridized carbons (Fsp3) is 0.222. The minimum atomic E-state index is -0.144. The molecule has 7 nitrogen and oxygen atoms in total. The van der Waals surface area contributed by atoms with E-state index >= 15 is 0 Å². The summed E-state index contributed by atoms with van der Waals surface area (Å²) in [6.07, 6.45) is 1.61. The molecule has 0 saturated carbocycles. The zero-order valence-corrected chi connectivity index (χ0v) is 16.4. The second-order valence-electron chi connectivity index (χ2n) is 5.54. The lowest BCUT2D eigenvalue weighted by Gasteiger charge is -2.09. The van der Waals surface area contributed by atoms with Crippen molar-refractivity contribution in [1.82, 2.24) is 14.8 Å². The van der Waals surface area contributed by atoms with Crippen molar-refractivity contribution in [1.29, 1.82) is 5.26 Å². The van der Waals surface area contributed by atoms with Gasteiger partial charge in [0.2, 0.25) is 5.91 Å². The normalized spacial score (nSPS) is 10.6. The van der Waals surface area contributed by atoms with Crippen LogP contribution in [0, 0.1) is 18.3 Å². The Morgan fingerprint density at radius 1 is 1.30 bits per heavy atom. The van der Waals surface area contributed by atoms with Gasteiger partial charge >= 0.3 is 0 Å². The number of nitrogens with zero attached hydrogens (tertiary/aromatic N) is 4. The summed E-state index contributed by atoms with van der Waals surface area (Å²) in [6.45, 7) is 1.87. The third kappa shape index (κ3) is 4.53.